The summed E-state index contributed by atoms with van der Waals surface area (Å²) in [6, 6.07) is 5.22. The Morgan fingerprint density at radius 1 is 1.33 bits per heavy atom. The maximum atomic E-state index is 12.2. The Bertz CT molecular complexity index is 899. The van der Waals surface area contributed by atoms with Crippen LogP contribution in [0.2, 0.25) is 0 Å². The smallest absolute Gasteiger partial charge is 0.273 e. The molecule has 0 saturated carbocycles. The number of ether oxygens (including phenoxy) is 2. The average molecular weight is 370 g/mol. The molecule has 2 aromatic rings. The lowest BCUT2D eigenvalue weighted by molar-refractivity contribution is -0.120. The zero-order chi connectivity index (χ0) is 19.8. The predicted octanol–water partition coefficient (Wildman–Crippen LogP) is 1.31. The first-order valence-electron chi connectivity index (χ1n) is 8.45. The highest BCUT2D eigenvalue weighted by Gasteiger charge is 2.12. The number of aryl methyl sites for hydroxylation is 1. The van der Waals surface area contributed by atoms with E-state index in [0.717, 1.165) is 0 Å². The lowest BCUT2D eigenvalue weighted by atomic mass is 10.2. The standard InChI is InChI=1S/C19H22N4O4/c1-5-10-20-17(24)9-7-14-19(25)21-18(23-22-14)13-6-8-15(27-12(2)3)16(11-13)26-4/h1,6,8,11-12H,7,9-10H2,2-4H3,(H,20,24)(H,21,23,25). The number of terminal acetylenes is 1. The number of nitrogens with one attached hydrogen (secondary N) is 2. The number of aromatic amines is 1. The van der Waals surface area contributed by atoms with Crippen molar-refractivity contribution in [1.82, 2.24) is 20.5 Å². The van der Waals surface area contributed by atoms with Gasteiger partial charge >= 0.3 is 0 Å². The van der Waals surface area contributed by atoms with Gasteiger partial charge in [-0.1, -0.05) is 5.92 Å². The number of methoxy groups -OCH3 is 1. The lowest BCUT2D eigenvalue weighted by Gasteiger charge is -2.14. The Morgan fingerprint density at radius 3 is 2.74 bits per heavy atom. The van der Waals surface area contributed by atoms with Crippen LogP contribution in [0.15, 0.2) is 23.0 Å². The molecular weight excluding hydrogens is 348 g/mol. The summed E-state index contributed by atoms with van der Waals surface area (Å²) < 4.78 is 11.0. The van der Waals surface area contributed by atoms with Gasteiger partial charge in [0.2, 0.25) is 5.91 Å². The SMILES string of the molecule is C#CCNC(=O)CCc1nnc(-c2ccc(OC(C)C)c(OC)c2)[nH]c1=O. The fourth-order valence-electron chi connectivity index (χ4n) is 2.29. The predicted molar refractivity (Wildman–Crippen MR) is 101 cm³/mol. The van der Waals surface area contributed by atoms with Gasteiger partial charge in [-0.25, -0.2) is 0 Å². The average Bonchev–Trinajstić information content (AvgIpc) is 2.65. The number of H-pyrrole nitrogens is 1. The number of carbonyl (C=O) groups excluding carboxylic acids is 1. The second-order valence-corrected chi connectivity index (χ2v) is 5.96. The number of benzene rings is 1. The zero-order valence-electron chi connectivity index (χ0n) is 15.5. The van der Waals surface area contributed by atoms with Gasteiger partial charge in [0.15, 0.2) is 17.3 Å². The maximum Gasteiger partial charge on any atom is 0.273 e. The minimum absolute atomic E-state index is 0.00136. The number of hydrogen-bond donors (Lipinski definition) is 2. The normalized spacial score (nSPS) is 10.3. The molecule has 2 N–H and O–H groups in total. The van der Waals surface area contributed by atoms with Crippen molar-refractivity contribution in [3.8, 4) is 35.2 Å². The number of nitrogens with zero attached hydrogens (tertiary/aromatic N) is 2. The van der Waals surface area contributed by atoms with Crippen LogP contribution in [0.4, 0.5) is 0 Å². The van der Waals surface area contributed by atoms with E-state index in [1.807, 2.05) is 13.8 Å². The summed E-state index contributed by atoms with van der Waals surface area (Å²) in [5.74, 6) is 3.49. The Labute approximate surface area is 157 Å². The van der Waals surface area contributed by atoms with Crippen molar-refractivity contribution >= 4 is 5.91 Å². The molecule has 0 aliphatic rings. The van der Waals surface area contributed by atoms with E-state index >= 15 is 0 Å². The van der Waals surface area contributed by atoms with Gasteiger partial charge in [0.25, 0.3) is 5.56 Å². The van der Waals surface area contributed by atoms with E-state index in [2.05, 4.69) is 26.4 Å². The molecule has 0 aliphatic heterocycles. The van der Waals surface area contributed by atoms with E-state index in [1.165, 1.54) is 7.11 Å². The van der Waals surface area contributed by atoms with E-state index in [9.17, 15) is 9.59 Å². The van der Waals surface area contributed by atoms with E-state index < -0.39 is 5.56 Å². The van der Waals surface area contributed by atoms with Crippen LogP contribution in [-0.2, 0) is 11.2 Å². The monoisotopic (exact) mass is 370 g/mol. The van der Waals surface area contributed by atoms with Crippen molar-refractivity contribution in [1.29, 1.82) is 0 Å². The molecule has 0 fully saturated rings. The number of carbonyl (C=O) groups is 1. The number of aromatic nitrogens is 3. The summed E-state index contributed by atoms with van der Waals surface area (Å²) >= 11 is 0. The van der Waals surface area contributed by atoms with Crippen molar-refractivity contribution in [2.45, 2.75) is 32.8 Å². The van der Waals surface area contributed by atoms with Crippen LogP contribution < -0.4 is 20.3 Å². The van der Waals surface area contributed by atoms with Crippen LogP contribution >= 0.6 is 0 Å². The molecular formula is C19H22N4O4. The van der Waals surface area contributed by atoms with Crippen LogP contribution in [-0.4, -0.2) is 40.8 Å². The highest BCUT2D eigenvalue weighted by molar-refractivity contribution is 5.76. The Morgan fingerprint density at radius 2 is 2.11 bits per heavy atom. The van der Waals surface area contributed by atoms with Crippen molar-refractivity contribution in [3.05, 3.63) is 34.2 Å². The van der Waals surface area contributed by atoms with Crippen LogP contribution in [0.5, 0.6) is 11.5 Å². The first-order chi connectivity index (χ1) is 12.9. The Balaban J connectivity index is 2.16. The molecule has 0 atom stereocenters. The second-order valence-electron chi connectivity index (χ2n) is 5.96. The van der Waals surface area contributed by atoms with Gasteiger partial charge in [-0.05, 0) is 32.0 Å². The fourth-order valence-corrected chi connectivity index (χ4v) is 2.29. The molecule has 8 heteroatoms. The lowest BCUT2D eigenvalue weighted by Crippen LogP contribution is -2.25. The molecule has 0 aliphatic carbocycles. The van der Waals surface area contributed by atoms with Crippen LogP contribution in [0, 0.1) is 12.3 Å². The molecule has 8 nitrogen and oxygen atoms in total. The maximum absolute atomic E-state index is 12.2. The largest absolute Gasteiger partial charge is 0.493 e. The fraction of sp³-hybridized carbons (Fsp3) is 0.368. The van der Waals surface area contributed by atoms with E-state index in [-0.39, 0.29) is 37.1 Å². The first-order valence-corrected chi connectivity index (χ1v) is 8.45. The van der Waals surface area contributed by atoms with Gasteiger partial charge < -0.3 is 19.8 Å². The van der Waals surface area contributed by atoms with E-state index in [4.69, 9.17) is 15.9 Å². The first kappa shape index (κ1) is 20.0. The molecule has 1 aromatic carbocycles. The van der Waals surface area contributed by atoms with Gasteiger partial charge in [-0.3, -0.25) is 9.59 Å². The van der Waals surface area contributed by atoms with Crippen molar-refractivity contribution < 1.29 is 14.3 Å². The molecule has 1 heterocycles. The summed E-state index contributed by atoms with van der Waals surface area (Å²) in [5, 5.41) is 10.5. The summed E-state index contributed by atoms with van der Waals surface area (Å²) in [7, 11) is 1.54. The third-order valence-corrected chi connectivity index (χ3v) is 3.54. The van der Waals surface area contributed by atoms with Gasteiger partial charge in [-0.15, -0.1) is 16.6 Å². The summed E-state index contributed by atoms with van der Waals surface area (Å²) in [6.45, 7) is 3.99. The second kappa shape index (κ2) is 9.38. The Hall–Kier alpha value is -3.34. The molecule has 2 rings (SSSR count). The van der Waals surface area contributed by atoms with Crippen molar-refractivity contribution in [3.63, 3.8) is 0 Å². The van der Waals surface area contributed by atoms with Crippen LogP contribution in [0.3, 0.4) is 0 Å². The van der Waals surface area contributed by atoms with Gasteiger partial charge in [0.05, 0.1) is 19.8 Å². The third-order valence-electron chi connectivity index (χ3n) is 3.54. The molecule has 0 spiro atoms. The highest BCUT2D eigenvalue weighted by atomic mass is 16.5. The van der Waals surface area contributed by atoms with Crippen molar-refractivity contribution in [2.75, 3.05) is 13.7 Å². The quantitative estimate of drug-likeness (QED) is 0.679. The molecule has 0 bridgehead atoms. The van der Waals surface area contributed by atoms with Crippen LogP contribution in [0.25, 0.3) is 11.4 Å². The molecule has 1 amide bonds. The van der Waals surface area contributed by atoms with Gasteiger partial charge in [0.1, 0.15) is 5.69 Å². The minimum atomic E-state index is -0.397. The number of amides is 1. The molecule has 142 valence electrons. The third kappa shape index (κ3) is 5.57. The van der Waals surface area contributed by atoms with E-state index in [1.54, 1.807) is 18.2 Å². The Kier molecular flexibility index (Phi) is 6.94. The van der Waals surface area contributed by atoms with Gasteiger partial charge in [-0.2, -0.15) is 0 Å². The molecule has 27 heavy (non-hydrogen) atoms. The zero-order valence-corrected chi connectivity index (χ0v) is 15.5. The topological polar surface area (TPSA) is 106 Å². The summed E-state index contributed by atoms with van der Waals surface area (Å²) in [6.07, 6.45) is 5.35. The minimum Gasteiger partial charge on any atom is -0.493 e. The summed E-state index contributed by atoms with van der Waals surface area (Å²) in [4.78, 5) is 26.5. The molecule has 1 aromatic heterocycles. The van der Waals surface area contributed by atoms with Crippen LogP contribution in [0.1, 0.15) is 26.0 Å². The number of rotatable bonds is 8. The molecule has 0 radical (unpaired) electrons. The summed E-state index contributed by atoms with van der Waals surface area (Å²) in [5.41, 5.74) is 0.415. The molecule has 0 unspecified atom stereocenters. The van der Waals surface area contributed by atoms with E-state index in [0.29, 0.717) is 22.9 Å². The highest BCUT2D eigenvalue weighted by Crippen LogP contribution is 2.31. The van der Waals surface area contributed by atoms with Gasteiger partial charge in [0, 0.05) is 18.4 Å². The number of hydrogen-bond acceptors (Lipinski definition) is 6. The van der Waals surface area contributed by atoms with Crippen molar-refractivity contribution in [2.24, 2.45) is 0 Å². The molecule has 0 saturated heterocycles.